The molecule has 0 fully saturated rings. The molecule has 0 aliphatic rings. The Morgan fingerprint density at radius 3 is 2.50 bits per heavy atom. The molecule has 1 amide bonds. The van der Waals surface area contributed by atoms with Crippen LogP contribution >= 0.6 is 0 Å². The maximum absolute atomic E-state index is 13.0. The molecule has 0 spiro atoms. The van der Waals surface area contributed by atoms with Crippen molar-refractivity contribution < 1.29 is 22.4 Å². The molecule has 4 rings (SSSR count). The minimum Gasteiger partial charge on any atom is -0.489 e. The second-order valence-electron chi connectivity index (χ2n) is 7.05. The summed E-state index contributed by atoms with van der Waals surface area (Å²) in [5.74, 6) is 0.447. The number of ether oxygens (including phenoxy) is 1. The molecule has 0 saturated carbocycles. The Kier molecular flexibility index (Phi) is 6.25. The van der Waals surface area contributed by atoms with E-state index in [0.29, 0.717) is 22.5 Å². The lowest BCUT2D eigenvalue weighted by atomic mass is 10.1. The van der Waals surface area contributed by atoms with Crippen LogP contribution in [0.1, 0.15) is 21.7 Å². The van der Waals surface area contributed by atoms with Crippen molar-refractivity contribution in [1.29, 1.82) is 0 Å². The average molecular weight is 451 g/mol. The number of para-hydroxylation sites is 2. The molecular formula is C24H22N2O5S. The van der Waals surface area contributed by atoms with Gasteiger partial charge < -0.3 is 14.5 Å². The molecule has 1 heterocycles. The zero-order valence-corrected chi connectivity index (χ0v) is 18.2. The smallest absolute Gasteiger partial charge is 0.287 e. The highest BCUT2D eigenvalue weighted by molar-refractivity contribution is 7.89. The lowest BCUT2D eigenvalue weighted by Crippen LogP contribution is -2.24. The topological polar surface area (TPSA) is 97.6 Å². The molecule has 164 valence electrons. The first-order valence-corrected chi connectivity index (χ1v) is 11.4. The maximum Gasteiger partial charge on any atom is 0.287 e. The van der Waals surface area contributed by atoms with Crippen LogP contribution in [-0.4, -0.2) is 21.4 Å². The van der Waals surface area contributed by atoms with Gasteiger partial charge in [0.2, 0.25) is 10.0 Å². The van der Waals surface area contributed by atoms with Gasteiger partial charge in [-0.2, -0.15) is 0 Å². The Balaban J connectivity index is 1.55. The van der Waals surface area contributed by atoms with Crippen LogP contribution in [0.3, 0.4) is 0 Å². The molecule has 1 aromatic heterocycles. The summed E-state index contributed by atoms with van der Waals surface area (Å²) >= 11 is 0. The highest BCUT2D eigenvalue weighted by Gasteiger charge is 2.21. The van der Waals surface area contributed by atoms with E-state index in [1.807, 2.05) is 48.5 Å². The Morgan fingerprint density at radius 1 is 0.969 bits per heavy atom. The van der Waals surface area contributed by atoms with Crippen LogP contribution in [0.25, 0.3) is 11.0 Å². The van der Waals surface area contributed by atoms with Gasteiger partial charge in [-0.05, 0) is 42.9 Å². The van der Waals surface area contributed by atoms with Crippen LogP contribution in [0.5, 0.6) is 5.75 Å². The number of benzene rings is 3. The van der Waals surface area contributed by atoms with Crippen molar-refractivity contribution in [2.45, 2.75) is 18.0 Å². The summed E-state index contributed by atoms with van der Waals surface area (Å²) in [5, 5.41) is 3.61. The molecular weight excluding hydrogens is 428 g/mol. The Bertz CT molecular complexity index is 1350. The zero-order chi connectivity index (χ0) is 22.6. The number of hydrogen-bond donors (Lipinski definition) is 2. The third kappa shape index (κ3) is 4.66. The molecule has 0 saturated heterocycles. The van der Waals surface area contributed by atoms with Crippen molar-refractivity contribution in [2.24, 2.45) is 0 Å². The highest BCUT2D eigenvalue weighted by atomic mass is 32.2. The highest BCUT2D eigenvalue weighted by Crippen LogP contribution is 2.27. The van der Waals surface area contributed by atoms with Crippen molar-refractivity contribution >= 4 is 26.9 Å². The van der Waals surface area contributed by atoms with Gasteiger partial charge in [0.1, 0.15) is 17.9 Å². The Morgan fingerprint density at radius 2 is 1.72 bits per heavy atom. The lowest BCUT2D eigenvalue weighted by Gasteiger charge is -2.09. The number of carbonyl (C=O) groups excluding carboxylic acids is 1. The van der Waals surface area contributed by atoms with Gasteiger partial charge in [-0.15, -0.1) is 0 Å². The van der Waals surface area contributed by atoms with E-state index in [-0.39, 0.29) is 23.8 Å². The Labute approximate surface area is 186 Å². The van der Waals surface area contributed by atoms with Crippen LogP contribution in [0.15, 0.2) is 88.2 Å². The van der Waals surface area contributed by atoms with E-state index in [1.165, 1.54) is 19.2 Å². The zero-order valence-electron chi connectivity index (χ0n) is 17.4. The van der Waals surface area contributed by atoms with E-state index in [2.05, 4.69) is 10.0 Å². The third-order valence-electron chi connectivity index (χ3n) is 4.96. The maximum atomic E-state index is 13.0. The summed E-state index contributed by atoms with van der Waals surface area (Å²) in [7, 11) is -2.22. The summed E-state index contributed by atoms with van der Waals surface area (Å²) in [4.78, 5) is 13.1. The van der Waals surface area contributed by atoms with Gasteiger partial charge in [-0.1, -0.05) is 48.5 Å². The van der Waals surface area contributed by atoms with Crippen LogP contribution < -0.4 is 14.8 Å². The molecule has 0 radical (unpaired) electrons. The standard InChI is InChI=1S/C24H22N2O5S/c1-25-32(28,29)19-11-7-8-17(14-19)15-26-24(27)23-21(16-30-18-9-3-2-4-10-18)20-12-5-6-13-22(20)31-23/h2-14,25H,15-16H2,1H3,(H,26,27). The first-order valence-electron chi connectivity index (χ1n) is 9.97. The summed E-state index contributed by atoms with van der Waals surface area (Å²) < 4.78 is 38.0. The van der Waals surface area contributed by atoms with E-state index in [1.54, 1.807) is 18.2 Å². The van der Waals surface area contributed by atoms with Crippen LogP contribution in [0, 0.1) is 0 Å². The largest absolute Gasteiger partial charge is 0.489 e. The molecule has 32 heavy (non-hydrogen) atoms. The number of fused-ring (bicyclic) bond motifs is 1. The summed E-state index contributed by atoms with van der Waals surface area (Å²) in [6.45, 7) is 0.307. The van der Waals surface area contributed by atoms with Gasteiger partial charge in [-0.3, -0.25) is 4.79 Å². The number of sulfonamides is 1. The number of hydrogen-bond acceptors (Lipinski definition) is 5. The average Bonchev–Trinajstić information content (AvgIpc) is 3.21. The first-order chi connectivity index (χ1) is 15.5. The van der Waals surface area contributed by atoms with Gasteiger partial charge >= 0.3 is 0 Å². The predicted octanol–water partition coefficient (Wildman–Crippen LogP) is 3.85. The van der Waals surface area contributed by atoms with Gasteiger partial charge in [0.05, 0.1) is 4.90 Å². The van der Waals surface area contributed by atoms with E-state index >= 15 is 0 Å². The number of furan rings is 1. The third-order valence-corrected chi connectivity index (χ3v) is 6.37. The van der Waals surface area contributed by atoms with E-state index in [9.17, 15) is 13.2 Å². The van der Waals surface area contributed by atoms with Gasteiger partial charge in [0, 0.05) is 17.5 Å². The molecule has 0 aliphatic heterocycles. The molecule has 4 aromatic rings. The lowest BCUT2D eigenvalue weighted by molar-refractivity contribution is 0.0922. The van der Waals surface area contributed by atoms with Crippen LogP contribution in [0.4, 0.5) is 0 Å². The van der Waals surface area contributed by atoms with E-state index in [4.69, 9.17) is 9.15 Å². The number of rotatable bonds is 8. The van der Waals surface area contributed by atoms with Crippen molar-refractivity contribution in [2.75, 3.05) is 7.05 Å². The summed E-state index contributed by atoms with van der Waals surface area (Å²) in [6.07, 6.45) is 0. The number of amides is 1. The van der Waals surface area contributed by atoms with Gasteiger partial charge in [-0.25, -0.2) is 13.1 Å². The fourth-order valence-electron chi connectivity index (χ4n) is 3.30. The normalized spacial score (nSPS) is 11.4. The molecule has 8 heteroatoms. The van der Waals surface area contributed by atoms with Crippen LogP contribution in [-0.2, 0) is 23.2 Å². The minimum absolute atomic E-state index is 0.132. The Hall–Kier alpha value is -3.62. The number of carbonyl (C=O) groups is 1. The molecule has 0 bridgehead atoms. The van der Waals surface area contributed by atoms with Crippen molar-refractivity contribution in [3.63, 3.8) is 0 Å². The first kappa shape index (κ1) is 21.6. The molecule has 2 N–H and O–H groups in total. The van der Waals surface area contributed by atoms with Crippen molar-refractivity contribution in [3.8, 4) is 5.75 Å². The van der Waals surface area contributed by atoms with E-state index in [0.717, 1.165) is 5.39 Å². The van der Waals surface area contributed by atoms with Crippen LogP contribution in [0.2, 0.25) is 0 Å². The minimum atomic E-state index is -3.57. The molecule has 3 aromatic carbocycles. The molecule has 7 nitrogen and oxygen atoms in total. The second-order valence-corrected chi connectivity index (χ2v) is 8.93. The monoisotopic (exact) mass is 450 g/mol. The van der Waals surface area contributed by atoms with Gasteiger partial charge in [0.25, 0.3) is 5.91 Å². The summed E-state index contributed by atoms with van der Waals surface area (Å²) in [6, 6.07) is 23.1. The fourth-order valence-corrected chi connectivity index (χ4v) is 4.10. The quantitative estimate of drug-likeness (QED) is 0.425. The summed E-state index contributed by atoms with van der Waals surface area (Å²) in [5.41, 5.74) is 1.88. The molecule has 0 aliphatic carbocycles. The van der Waals surface area contributed by atoms with Crippen molar-refractivity contribution in [3.05, 3.63) is 95.7 Å². The predicted molar refractivity (Wildman–Crippen MR) is 121 cm³/mol. The molecule has 0 atom stereocenters. The number of nitrogens with one attached hydrogen (secondary N) is 2. The fraction of sp³-hybridized carbons (Fsp3) is 0.125. The molecule has 0 unspecified atom stereocenters. The van der Waals surface area contributed by atoms with Gasteiger partial charge in [0.15, 0.2) is 5.76 Å². The SMILES string of the molecule is CNS(=O)(=O)c1cccc(CNC(=O)c2oc3ccccc3c2COc2ccccc2)c1. The van der Waals surface area contributed by atoms with Crippen molar-refractivity contribution in [1.82, 2.24) is 10.0 Å². The van der Waals surface area contributed by atoms with E-state index < -0.39 is 15.9 Å². The second kappa shape index (κ2) is 9.25.